The lowest BCUT2D eigenvalue weighted by atomic mass is 10.5. The van der Waals surface area contributed by atoms with Gasteiger partial charge in [0.15, 0.2) is 0 Å². The first-order valence-corrected chi connectivity index (χ1v) is 4.08. The van der Waals surface area contributed by atoms with Crippen LogP contribution in [0.5, 0.6) is 0 Å². The van der Waals surface area contributed by atoms with Crippen molar-refractivity contribution in [2.45, 2.75) is 6.92 Å². The average molecular weight is 128 g/mol. The van der Waals surface area contributed by atoms with E-state index < -0.39 is 0 Å². The first-order chi connectivity index (χ1) is 3.91. The monoisotopic (exact) mass is 128 g/mol. The molecular formula is C7H12S. The Morgan fingerprint density at radius 2 is 2.12 bits per heavy atom. The molecule has 8 heavy (non-hydrogen) atoms. The predicted molar refractivity (Wildman–Crippen MR) is 42.3 cm³/mol. The van der Waals surface area contributed by atoms with E-state index in [0.717, 1.165) is 5.75 Å². The van der Waals surface area contributed by atoms with Crippen LogP contribution in [0.3, 0.4) is 0 Å². The molecule has 0 spiro atoms. The third-order valence-corrected chi connectivity index (χ3v) is 1.23. The molecule has 46 valence electrons. The summed E-state index contributed by atoms with van der Waals surface area (Å²) in [5.41, 5.74) is 0. The van der Waals surface area contributed by atoms with Gasteiger partial charge in [-0.2, -0.15) is 11.8 Å². The Morgan fingerprint density at radius 1 is 1.38 bits per heavy atom. The zero-order valence-electron chi connectivity index (χ0n) is 5.42. The molecule has 0 bridgehead atoms. The molecule has 0 amide bonds. The Bertz CT molecular complexity index is 82.4. The minimum absolute atomic E-state index is 1.12. The van der Waals surface area contributed by atoms with Crippen LogP contribution in [0.4, 0.5) is 0 Å². The average Bonchev–Trinajstić information content (AvgIpc) is 1.81. The zero-order valence-corrected chi connectivity index (χ0v) is 6.24. The minimum Gasteiger partial charge on any atom is -0.161 e. The molecule has 0 heterocycles. The van der Waals surface area contributed by atoms with Crippen LogP contribution in [-0.4, -0.2) is 12.0 Å². The molecule has 0 radical (unpaired) electrons. The van der Waals surface area contributed by atoms with Gasteiger partial charge in [-0.1, -0.05) is 24.3 Å². The van der Waals surface area contributed by atoms with Crippen molar-refractivity contribution in [3.05, 3.63) is 24.3 Å². The fourth-order valence-corrected chi connectivity index (χ4v) is 0.645. The third kappa shape index (κ3) is 5.83. The second kappa shape index (κ2) is 6.83. The van der Waals surface area contributed by atoms with Crippen LogP contribution < -0.4 is 0 Å². The van der Waals surface area contributed by atoms with Crippen LogP contribution in [0.25, 0.3) is 0 Å². The summed E-state index contributed by atoms with van der Waals surface area (Å²) >= 11 is 1.83. The fraction of sp³-hybridized carbons (Fsp3) is 0.429. The predicted octanol–water partition coefficient (Wildman–Crippen LogP) is 2.48. The highest BCUT2D eigenvalue weighted by molar-refractivity contribution is 7.98. The molecule has 0 aliphatic heterocycles. The molecule has 0 aliphatic rings. The summed E-state index contributed by atoms with van der Waals surface area (Å²) < 4.78 is 0. The lowest BCUT2D eigenvalue weighted by Gasteiger charge is -1.78. The van der Waals surface area contributed by atoms with Crippen molar-refractivity contribution < 1.29 is 0 Å². The lowest BCUT2D eigenvalue weighted by Crippen LogP contribution is -1.62. The maximum absolute atomic E-state index is 2.14. The topological polar surface area (TPSA) is 0 Å². The number of thioether (sulfide) groups is 1. The number of rotatable bonds is 3. The van der Waals surface area contributed by atoms with E-state index in [-0.39, 0.29) is 0 Å². The molecule has 1 heteroatoms. The molecule has 0 fully saturated rings. The third-order valence-electron chi connectivity index (χ3n) is 0.703. The van der Waals surface area contributed by atoms with Crippen molar-refractivity contribution in [1.82, 2.24) is 0 Å². The molecule has 0 rings (SSSR count). The van der Waals surface area contributed by atoms with Gasteiger partial charge in [0.25, 0.3) is 0 Å². The normalized spacial score (nSPS) is 11.8. The van der Waals surface area contributed by atoms with Gasteiger partial charge in [0.05, 0.1) is 0 Å². The molecule has 0 saturated carbocycles. The smallest absolute Gasteiger partial charge is 0.0113 e. The van der Waals surface area contributed by atoms with Gasteiger partial charge >= 0.3 is 0 Å². The summed E-state index contributed by atoms with van der Waals surface area (Å²) in [6.07, 6.45) is 10.4. The van der Waals surface area contributed by atoms with Crippen molar-refractivity contribution in [1.29, 1.82) is 0 Å². The molecule has 0 aromatic carbocycles. The maximum Gasteiger partial charge on any atom is 0.0113 e. The van der Waals surface area contributed by atoms with Gasteiger partial charge in [-0.15, -0.1) is 0 Å². The Kier molecular flexibility index (Phi) is 6.68. The van der Waals surface area contributed by atoms with Crippen LogP contribution in [0, 0.1) is 0 Å². The number of hydrogen-bond acceptors (Lipinski definition) is 1. The van der Waals surface area contributed by atoms with E-state index in [2.05, 4.69) is 18.4 Å². The molecule has 0 nitrogen and oxygen atoms in total. The molecule has 0 N–H and O–H groups in total. The van der Waals surface area contributed by atoms with E-state index in [1.807, 2.05) is 30.8 Å². The number of hydrogen-bond donors (Lipinski definition) is 0. The van der Waals surface area contributed by atoms with Crippen LogP contribution in [-0.2, 0) is 0 Å². The van der Waals surface area contributed by atoms with E-state index in [1.54, 1.807) is 0 Å². The van der Waals surface area contributed by atoms with E-state index in [4.69, 9.17) is 0 Å². The van der Waals surface area contributed by atoms with Crippen molar-refractivity contribution in [3.63, 3.8) is 0 Å². The van der Waals surface area contributed by atoms with Crippen molar-refractivity contribution in [2.24, 2.45) is 0 Å². The summed E-state index contributed by atoms with van der Waals surface area (Å²) in [4.78, 5) is 0. The summed E-state index contributed by atoms with van der Waals surface area (Å²) in [5.74, 6) is 1.12. The molecule has 0 aromatic heterocycles. The highest BCUT2D eigenvalue weighted by Crippen LogP contribution is 1.90. The SMILES string of the molecule is C/C=C\C=C/CSC. The van der Waals surface area contributed by atoms with Crippen molar-refractivity contribution in [2.75, 3.05) is 12.0 Å². The first kappa shape index (κ1) is 7.83. The van der Waals surface area contributed by atoms with Crippen LogP contribution in [0.2, 0.25) is 0 Å². The molecule has 0 unspecified atom stereocenters. The number of allylic oxidation sites excluding steroid dienone is 3. The van der Waals surface area contributed by atoms with Gasteiger partial charge in [0.2, 0.25) is 0 Å². The lowest BCUT2D eigenvalue weighted by molar-refractivity contribution is 1.70. The summed E-state index contributed by atoms with van der Waals surface area (Å²) in [5, 5.41) is 0. The van der Waals surface area contributed by atoms with Gasteiger partial charge < -0.3 is 0 Å². The quantitative estimate of drug-likeness (QED) is 0.526. The minimum atomic E-state index is 1.12. The second-order valence-corrected chi connectivity index (χ2v) is 2.32. The largest absolute Gasteiger partial charge is 0.161 e. The van der Waals surface area contributed by atoms with Gasteiger partial charge in [0.1, 0.15) is 0 Å². The molecule has 0 atom stereocenters. The zero-order chi connectivity index (χ0) is 6.24. The molecule has 0 saturated heterocycles. The summed E-state index contributed by atoms with van der Waals surface area (Å²) in [6, 6.07) is 0. The van der Waals surface area contributed by atoms with Crippen LogP contribution in [0.1, 0.15) is 6.92 Å². The van der Waals surface area contributed by atoms with Gasteiger partial charge in [-0.05, 0) is 13.2 Å². The maximum atomic E-state index is 2.14. The second-order valence-electron chi connectivity index (χ2n) is 1.41. The summed E-state index contributed by atoms with van der Waals surface area (Å²) in [6.45, 7) is 2.02. The van der Waals surface area contributed by atoms with Crippen molar-refractivity contribution in [3.8, 4) is 0 Å². The fourth-order valence-electron chi connectivity index (χ4n) is 0.341. The van der Waals surface area contributed by atoms with E-state index in [1.165, 1.54) is 0 Å². The van der Waals surface area contributed by atoms with E-state index in [9.17, 15) is 0 Å². The van der Waals surface area contributed by atoms with Gasteiger partial charge in [0, 0.05) is 5.75 Å². The standard InChI is InChI=1S/C7H12S/c1-3-4-5-6-7-8-2/h3-6H,7H2,1-2H3/b4-3-,6-5-. The van der Waals surface area contributed by atoms with Crippen molar-refractivity contribution >= 4 is 11.8 Å². The summed E-state index contributed by atoms with van der Waals surface area (Å²) in [7, 11) is 0. The highest BCUT2D eigenvalue weighted by atomic mass is 32.2. The molecule has 0 aromatic rings. The Balaban J connectivity index is 3.07. The Morgan fingerprint density at radius 3 is 2.62 bits per heavy atom. The molecule has 0 aliphatic carbocycles. The van der Waals surface area contributed by atoms with Gasteiger partial charge in [-0.3, -0.25) is 0 Å². The van der Waals surface area contributed by atoms with Gasteiger partial charge in [-0.25, -0.2) is 0 Å². The van der Waals surface area contributed by atoms with Crippen LogP contribution in [0.15, 0.2) is 24.3 Å². The highest BCUT2D eigenvalue weighted by Gasteiger charge is 1.66. The Labute approximate surface area is 55.7 Å². The Hall–Kier alpha value is -0.170. The van der Waals surface area contributed by atoms with E-state index >= 15 is 0 Å². The first-order valence-electron chi connectivity index (χ1n) is 2.68. The van der Waals surface area contributed by atoms with E-state index in [0.29, 0.717) is 0 Å². The molecular weight excluding hydrogens is 116 g/mol. The van der Waals surface area contributed by atoms with Crippen LogP contribution >= 0.6 is 11.8 Å².